The topological polar surface area (TPSA) is 81.1 Å². The van der Waals surface area contributed by atoms with Gasteiger partial charge in [-0.3, -0.25) is 10.1 Å². The number of aromatic nitrogens is 3. The van der Waals surface area contributed by atoms with Gasteiger partial charge in [-0.05, 0) is 42.2 Å². The lowest BCUT2D eigenvalue weighted by molar-refractivity contribution is -0.115. The molecule has 4 aromatic rings. The van der Waals surface area contributed by atoms with Crippen LogP contribution in [0.25, 0.3) is 0 Å². The summed E-state index contributed by atoms with van der Waals surface area (Å²) < 4.78 is 7.06. The van der Waals surface area contributed by atoms with Crippen LogP contribution in [0.5, 0.6) is 5.75 Å². The molecule has 172 valence electrons. The number of ether oxygens (including phenoxy) is 1. The fraction of sp³-hybridized carbons (Fsp3) is 0.222. The smallest absolute Gasteiger partial charge is 0.250 e. The Labute approximate surface area is 198 Å². The van der Waals surface area contributed by atoms with Crippen molar-refractivity contribution in [1.29, 1.82) is 0 Å². The van der Waals surface area contributed by atoms with Gasteiger partial charge in [-0.15, -0.1) is 5.10 Å². The van der Waals surface area contributed by atoms with Crippen LogP contribution >= 0.6 is 0 Å². The average Bonchev–Trinajstić information content (AvgIpc) is 3.27. The number of benzene rings is 3. The number of carbonyl (C=O) groups is 1. The quantitative estimate of drug-likeness (QED) is 0.433. The van der Waals surface area contributed by atoms with Crippen molar-refractivity contribution in [3.63, 3.8) is 0 Å². The predicted molar refractivity (Wildman–Crippen MR) is 132 cm³/mol. The first kappa shape index (κ1) is 21.7. The van der Waals surface area contributed by atoms with Crippen LogP contribution in [-0.2, 0) is 11.2 Å². The normalized spacial score (nSPS) is 16.9. The molecule has 2 N–H and O–H groups in total. The Morgan fingerprint density at radius 1 is 1.03 bits per heavy atom. The fourth-order valence-electron chi connectivity index (χ4n) is 4.30. The number of nitrogens with zero attached hydrogens (tertiary/aromatic N) is 3. The maximum atomic E-state index is 12.7. The number of fused-ring (bicyclic) bond motifs is 1. The minimum Gasteiger partial charge on any atom is -0.497 e. The molecule has 7 heteroatoms. The van der Waals surface area contributed by atoms with Gasteiger partial charge in [-0.25, -0.2) is 4.68 Å². The molecule has 0 aliphatic carbocycles. The summed E-state index contributed by atoms with van der Waals surface area (Å²) in [4.78, 5) is 17.3. The van der Waals surface area contributed by atoms with Gasteiger partial charge < -0.3 is 10.1 Å². The van der Waals surface area contributed by atoms with Gasteiger partial charge >= 0.3 is 0 Å². The molecule has 7 nitrogen and oxygen atoms in total. The van der Waals surface area contributed by atoms with E-state index in [1.54, 1.807) is 7.11 Å². The number of aryl methyl sites for hydroxylation is 1. The second kappa shape index (κ2) is 9.39. The summed E-state index contributed by atoms with van der Waals surface area (Å²) in [5, 5.41) is 11.0. The van der Waals surface area contributed by atoms with Crippen LogP contribution in [0.3, 0.4) is 0 Å². The molecular formula is C27H27N5O2. The number of carbonyl (C=O) groups excluding carboxylic acids is 1. The number of hydrogen-bond acceptors (Lipinski definition) is 5. The average molecular weight is 454 g/mol. The molecule has 2 unspecified atom stereocenters. The summed E-state index contributed by atoms with van der Waals surface area (Å²) in [7, 11) is 1.62. The highest BCUT2D eigenvalue weighted by Crippen LogP contribution is 2.38. The Bertz CT molecular complexity index is 1270. The van der Waals surface area contributed by atoms with Gasteiger partial charge in [-0.1, -0.05) is 72.3 Å². The number of rotatable bonds is 6. The van der Waals surface area contributed by atoms with E-state index in [1.807, 2.05) is 47.1 Å². The zero-order valence-electron chi connectivity index (χ0n) is 19.2. The zero-order chi connectivity index (χ0) is 23.5. The molecule has 34 heavy (non-hydrogen) atoms. The first-order valence-electron chi connectivity index (χ1n) is 11.4. The van der Waals surface area contributed by atoms with Crippen molar-refractivity contribution >= 4 is 17.8 Å². The van der Waals surface area contributed by atoms with Gasteiger partial charge in [0.2, 0.25) is 11.9 Å². The summed E-state index contributed by atoms with van der Waals surface area (Å²) in [6, 6.07) is 26.4. The van der Waals surface area contributed by atoms with Crippen molar-refractivity contribution < 1.29 is 9.53 Å². The molecule has 0 saturated heterocycles. The molecular weight excluding hydrogens is 426 g/mol. The van der Waals surface area contributed by atoms with Crippen LogP contribution in [0.1, 0.15) is 40.8 Å². The summed E-state index contributed by atoms with van der Waals surface area (Å²) in [6.07, 6.45) is 1.05. The van der Waals surface area contributed by atoms with E-state index in [2.05, 4.69) is 64.0 Å². The lowest BCUT2D eigenvalue weighted by Crippen LogP contribution is -2.28. The Balaban J connectivity index is 1.39. The summed E-state index contributed by atoms with van der Waals surface area (Å²) in [5.74, 6) is 1.53. The maximum absolute atomic E-state index is 12.7. The second-order valence-corrected chi connectivity index (χ2v) is 8.55. The third-order valence-corrected chi connectivity index (χ3v) is 6.13. The molecule has 0 fully saturated rings. The van der Waals surface area contributed by atoms with Crippen molar-refractivity contribution in [2.75, 3.05) is 17.7 Å². The van der Waals surface area contributed by atoms with Gasteiger partial charge in [0.05, 0.1) is 25.6 Å². The lowest BCUT2D eigenvalue weighted by atomic mass is 9.93. The molecule has 2 atom stereocenters. The van der Waals surface area contributed by atoms with E-state index >= 15 is 0 Å². The van der Waals surface area contributed by atoms with E-state index in [0.29, 0.717) is 11.9 Å². The monoisotopic (exact) mass is 453 g/mol. The maximum Gasteiger partial charge on any atom is 0.250 e. The molecule has 1 aromatic heterocycles. The molecule has 1 amide bonds. The van der Waals surface area contributed by atoms with Crippen LogP contribution in [0, 0.1) is 6.92 Å². The van der Waals surface area contributed by atoms with Crippen LogP contribution in [0.2, 0.25) is 0 Å². The van der Waals surface area contributed by atoms with Gasteiger partial charge in [0.15, 0.2) is 0 Å². The molecule has 5 rings (SSSR count). The van der Waals surface area contributed by atoms with Gasteiger partial charge in [0, 0.05) is 0 Å². The zero-order valence-corrected chi connectivity index (χ0v) is 19.2. The van der Waals surface area contributed by atoms with Crippen LogP contribution in [0.15, 0.2) is 78.9 Å². The first-order chi connectivity index (χ1) is 16.6. The van der Waals surface area contributed by atoms with E-state index in [-0.39, 0.29) is 24.4 Å². The highest BCUT2D eigenvalue weighted by molar-refractivity contribution is 5.90. The van der Waals surface area contributed by atoms with E-state index in [9.17, 15) is 4.79 Å². The number of methoxy groups -OCH3 is 1. The van der Waals surface area contributed by atoms with Crippen molar-refractivity contribution in [2.45, 2.75) is 31.8 Å². The fourth-order valence-corrected chi connectivity index (χ4v) is 4.30. The number of anilines is 2. The SMILES string of the molecule is COc1ccc(CC(=O)Nc2nc3n(n2)C(c2ccc(C)cc2)CC(c2ccccc2)N3)cc1. The Hall–Kier alpha value is -4.13. The Morgan fingerprint density at radius 3 is 2.47 bits per heavy atom. The molecule has 0 bridgehead atoms. The second-order valence-electron chi connectivity index (χ2n) is 8.55. The summed E-state index contributed by atoms with van der Waals surface area (Å²) in [6.45, 7) is 2.08. The predicted octanol–water partition coefficient (Wildman–Crippen LogP) is 4.92. The molecule has 1 aliphatic heterocycles. The van der Waals surface area contributed by atoms with E-state index in [4.69, 9.17) is 4.74 Å². The van der Waals surface area contributed by atoms with Crippen molar-refractivity contribution in [1.82, 2.24) is 14.8 Å². The molecule has 0 saturated carbocycles. The Kier molecular flexibility index (Phi) is 5.99. The van der Waals surface area contributed by atoms with Crippen molar-refractivity contribution in [3.05, 3.63) is 101 Å². The standard InChI is InChI=1S/C27H27N5O2/c1-18-8-12-21(13-9-18)24-17-23(20-6-4-3-5-7-20)28-27-30-26(31-32(24)27)29-25(33)16-19-10-14-22(34-2)15-11-19/h3-15,23-24H,16-17H2,1-2H3,(H2,28,29,30,31,33). The largest absolute Gasteiger partial charge is 0.497 e. The Morgan fingerprint density at radius 2 is 1.76 bits per heavy atom. The highest BCUT2D eigenvalue weighted by Gasteiger charge is 2.31. The van der Waals surface area contributed by atoms with Crippen LogP contribution in [-0.4, -0.2) is 27.8 Å². The molecule has 0 spiro atoms. The molecule has 1 aliphatic rings. The van der Waals surface area contributed by atoms with Crippen molar-refractivity contribution in [3.8, 4) is 5.75 Å². The minimum atomic E-state index is -0.167. The van der Waals surface area contributed by atoms with Gasteiger partial charge in [-0.2, -0.15) is 4.98 Å². The van der Waals surface area contributed by atoms with Crippen molar-refractivity contribution in [2.24, 2.45) is 0 Å². The number of hydrogen-bond donors (Lipinski definition) is 2. The molecule has 2 heterocycles. The van der Waals surface area contributed by atoms with Gasteiger partial charge in [0.25, 0.3) is 5.95 Å². The number of nitrogens with one attached hydrogen (secondary N) is 2. The summed E-state index contributed by atoms with van der Waals surface area (Å²) >= 11 is 0. The lowest BCUT2D eigenvalue weighted by Gasteiger charge is -2.31. The van der Waals surface area contributed by atoms with E-state index in [1.165, 1.54) is 11.1 Å². The van der Waals surface area contributed by atoms with E-state index in [0.717, 1.165) is 23.3 Å². The minimum absolute atomic E-state index is 0.00166. The first-order valence-corrected chi connectivity index (χ1v) is 11.4. The van der Waals surface area contributed by atoms with Gasteiger partial charge in [0.1, 0.15) is 5.75 Å². The summed E-state index contributed by atoms with van der Waals surface area (Å²) in [5.41, 5.74) is 4.46. The van der Waals surface area contributed by atoms with E-state index < -0.39 is 0 Å². The van der Waals surface area contributed by atoms with Crippen LogP contribution in [0.4, 0.5) is 11.9 Å². The number of amides is 1. The molecule has 3 aromatic carbocycles. The third kappa shape index (κ3) is 4.64. The molecule has 0 radical (unpaired) electrons. The van der Waals surface area contributed by atoms with Crippen LogP contribution < -0.4 is 15.4 Å². The highest BCUT2D eigenvalue weighted by atomic mass is 16.5. The third-order valence-electron chi connectivity index (χ3n) is 6.13.